The number of pyridine rings is 1. The number of anilines is 1. The van der Waals surface area contributed by atoms with Crippen molar-refractivity contribution in [2.75, 3.05) is 5.32 Å². The Balaban J connectivity index is 1.79. The number of halogens is 1. The number of hydrogen-bond acceptors (Lipinski definition) is 3. The number of hydrogen-bond donors (Lipinski definition) is 1. The minimum Gasteiger partial charge on any atom is -0.485 e. The molecule has 2 aromatic carbocycles. The average Bonchev–Trinajstić information content (AvgIpc) is 2.64. The normalized spacial score (nSPS) is 10.5. The Bertz CT molecular complexity index is 969. The van der Waals surface area contributed by atoms with Gasteiger partial charge in [-0.1, -0.05) is 23.8 Å². The zero-order chi connectivity index (χ0) is 19.4. The summed E-state index contributed by atoms with van der Waals surface area (Å²) in [6.07, 6.45) is 0. The fraction of sp³-hybridized carbons (Fsp3) is 0.182. The van der Waals surface area contributed by atoms with Gasteiger partial charge in [0.2, 0.25) is 0 Å². The topological polar surface area (TPSA) is 51.2 Å². The van der Waals surface area contributed by atoms with Crippen LogP contribution in [0.3, 0.4) is 0 Å². The van der Waals surface area contributed by atoms with Crippen molar-refractivity contribution < 1.29 is 13.9 Å². The molecule has 3 aromatic rings. The first kappa shape index (κ1) is 18.6. The smallest absolute Gasteiger partial charge is 0.256 e. The zero-order valence-corrected chi connectivity index (χ0v) is 15.5. The molecule has 0 atom stereocenters. The number of carbonyl (C=O) groups excluding carboxylic acids is 1. The first-order chi connectivity index (χ1) is 12.9. The third-order valence-electron chi connectivity index (χ3n) is 4.22. The number of aromatic nitrogens is 1. The predicted molar refractivity (Wildman–Crippen MR) is 104 cm³/mol. The highest BCUT2D eigenvalue weighted by Gasteiger charge is 2.13. The van der Waals surface area contributed by atoms with Gasteiger partial charge in [-0.2, -0.15) is 0 Å². The predicted octanol–water partition coefficient (Wildman–Crippen LogP) is 4.98. The lowest BCUT2D eigenvalue weighted by Crippen LogP contribution is -2.14. The van der Waals surface area contributed by atoms with Crippen LogP contribution in [0.15, 0.2) is 54.6 Å². The van der Waals surface area contributed by atoms with E-state index >= 15 is 0 Å². The van der Waals surface area contributed by atoms with E-state index in [-0.39, 0.29) is 5.91 Å². The van der Waals surface area contributed by atoms with Crippen LogP contribution >= 0.6 is 0 Å². The summed E-state index contributed by atoms with van der Waals surface area (Å²) in [5, 5.41) is 2.75. The van der Waals surface area contributed by atoms with Gasteiger partial charge in [-0.3, -0.25) is 4.79 Å². The molecule has 0 spiro atoms. The van der Waals surface area contributed by atoms with Gasteiger partial charge in [-0.15, -0.1) is 0 Å². The molecule has 1 N–H and O–H groups in total. The molecular weight excluding hydrogens is 343 g/mol. The highest BCUT2D eigenvalue weighted by atomic mass is 19.1. The molecule has 27 heavy (non-hydrogen) atoms. The molecule has 0 aliphatic heterocycles. The number of nitrogens with zero attached hydrogens (tertiary/aromatic N) is 1. The van der Waals surface area contributed by atoms with Crippen LogP contribution in [0.1, 0.15) is 32.7 Å². The third-order valence-corrected chi connectivity index (χ3v) is 4.22. The molecule has 0 radical (unpaired) electrons. The van der Waals surface area contributed by atoms with Crippen molar-refractivity contribution >= 4 is 11.7 Å². The van der Waals surface area contributed by atoms with Gasteiger partial charge in [-0.05, 0) is 68.3 Å². The maximum absolute atomic E-state index is 13.1. The maximum Gasteiger partial charge on any atom is 0.256 e. The molecule has 138 valence electrons. The lowest BCUT2D eigenvalue weighted by atomic mass is 10.1. The van der Waals surface area contributed by atoms with Crippen molar-refractivity contribution in [3.8, 4) is 5.75 Å². The Morgan fingerprint density at radius 2 is 1.78 bits per heavy atom. The summed E-state index contributed by atoms with van der Waals surface area (Å²) in [5.74, 6) is 0.0639. The second-order valence-corrected chi connectivity index (χ2v) is 6.48. The van der Waals surface area contributed by atoms with Crippen LogP contribution in [0, 0.1) is 26.6 Å². The van der Waals surface area contributed by atoms with E-state index in [0.717, 1.165) is 22.4 Å². The third kappa shape index (κ3) is 4.70. The van der Waals surface area contributed by atoms with Crippen molar-refractivity contribution in [1.82, 2.24) is 4.98 Å². The summed E-state index contributed by atoms with van der Waals surface area (Å²) in [7, 11) is 0. The minimum atomic E-state index is -0.391. The molecule has 5 heteroatoms. The quantitative estimate of drug-likeness (QED) is 0.695. The summed E-state index contributed by atoms with van der Waals surface area (Å²) in [6.45, 7) is 6.27. The standard InChI is InChI=1S/C22H21FN2O2/c1-14-4-5-15(2)18(12-14)13-27-20-11-6-16(3)24-21(20)25-22(26)17-7-9-19(23)10-8-17/h4-12H,13H2,1-3H3,(H,24,25,26). The molecule has 0 saturated heterocycles. The first-order valence-electron chi connectivity index (χ1n) is 8.66. The fourth-order valence-electron chi connectivity index (χ4n) is 2.64. The summed E-state index contributed by atoms with van der Waals surface area (Å²) >= 11 is 0. The Labute approximate surface area is 158 Å². The molecule has 1 aromatic heterocycles. The molecule has 0 aliphatic rings. The van der Waals surface area contributed by atoms with Crippen molar-refractivity contribution in [3.05, 3.63) is 88.4 Å². The van der Waals surface area contributed by atoms with E-state index in [9.17, 15) is 9.18 Å². The van der Waals surface area contributed by atoms with E-state index in [4.69, 9.17) is 4.74 Å². The summed E-state index contributed by atoms with van der Waals surface area (Å²) in [5.41, 5.74) is 4.47. The van der Waals surface area contributed by atoms with Gasteiger partial charge in [0.05, 0.1) is 0 Å². The van der Waals surface area contributed by atoms with E-state index in [0.29, 0.717) is 23.7 Å². The molecule has 1 heterocycles. The average molecular weight is 364 g/mol. The highest BCUT2D eigenvalue weighted by Crippen LogP contribution is 2.25. The maximum atomic E-state index is 13.1. The summed E-state index contributed by atoms with van der Waals surface area (Å²) in [6, 6.07) is 15.1. The van der Waals surface area contributed by atoms with Gasteiger partial charge >= 0.3 is 0 Å². The van der Waals surface area contributed by atoms with Crippen LogP contribution in [0.25, 0.3) is 0 Å². The number of carbonyl (C=O) groups is 1. The molecule has 0 fully saturated rings. The Morgan fingerprint density at radius 3 is 2.52 bits per heavy atom. The zero-order valence-electron chi connectivity index (χ0n) is 15.5. The minimum absolute atomic E-state index is 0.342. The second-order valence-electron chi connectivity index (χ2n) is 6.48. The largest absolute Gasteiger partial charge is 0.485 e. The number of amides is 1. The van der Waals surface area contributed by atoms with Crippen LogP contribution in [0.2, 0.25) is 0 Å². The number of nitrogens with one attached hydrogen (secondary N) is 1. The summed E-state index contributed by atoms with van der Waals surface area (Å²) in [4.78, 5) is 16.8. The fourth-order valence-corrected chi connectivity index (χ4v) is 2.64. The van der Waals surface area contributed by atoms with E-state index in [1.165, 1.54) is 24.3 Å². The Hall–Kier alpha value is -3.21. The lowest BCUT2D eigenvalue weighted by Gasteiger charge is -2.14. The molecule has 0 unspecified atom stereocenters. The summed E-state index contributed by atoms with van der Waals surface area (Å²) < 4.78 is 19.0. The lowest BCUT2D eigenvalue weighted by molar-refractivity contribution is 0.102. The number of rotatable bonds is 5. The monoisotopic (exact) mass is 364 g/mol. The molecule has 1 amide bonds. The number of aryl methyl sites for hydroxylation is 3. The van der Waals surface area contributed by atoms with Crippen molar-refractivity contribution in [1.29, 1.82) is 0 Å². The Kier molecular flexibility index (Phi) is 5.50. The van der Waals surface area contributed by atoms with Gasteiger partial charge in [0.15, 0.2) is 11.6 Å². The van der Waals surface area contributed by atoms with E-state index in [2.05, 4.69) is 28.5 Å². The van der Waals surface area contributed by atoms with E-state index in [1.807, 2.05) is 26.8 Å². The van der Waals surface area contributed by atoms with Gasteiger partial charge in [0.25, 0.3) is 5.91 Å². The van der Waals surface area contributed by atoms with Crippen LogP contribution < -0.4 is 10.1 Å². The molecular formula is C22H21FN2O2. The van der Waals surface area contributed by atoms with Gasteiger partial charge in [-0.25, -0.2) is 9.37 Å². The SMILES string of the molecule is Cc1ccc(C)c(COc2ccc(C)nc2NC(=O)c2ccc(F)cc2)c1. The first-order valence-corrected chi connectivity index (χ1v) is 8.66. The van der Waals surface area contributed by atoms with Gasteiger partial charge in [0.1, 0.15) is 12.4 Å². The highest BCUT2D eigenvalue weighted by molar-refractivity contribution is 6.04. The van der Waals surface area contributed by atoms with Crippen molar-refractivity contribution in [3.63, 3.8) is 0 Å². The van der Waals surface area contributed by atoms with Gasteiger partial charge in [0, 0.05) is 11.3 Å². The van der Waals surface area contributed by atoms with Gasteiger partial charge < -0.3 is 10.1 Å². The molecule has 4 nitrogen and oxygen atoms in total. The molecule has 3 rings (SSSR count). The van der Waals surface area contributed by atoms with Crippen molar-refractivity contribution in [2.24, 2.45) is 0 Å². The van der Waals surface area contributed by atoms with Crippen LogP contribution in [0.4, 0.5) is 10.2 Å². The molecule has 0 aliphatic carbocycles. The number of ether oxygens (including phenoxy) is 1. The van der Waals surface area contributed by atoms with Crippen LogP contribution in [0.5, 0.6) is 5.75 Å². The van der Waals surface area contributed by atoms with Crippen LogP contribution in [-0.4, -0.2) is 10.9 Å². The second kappa shape index (κ2) is 7.99. The molecule has 0 saturated carbocycles. The van der Waals surface area contributed by atoms with Crippen LogP contribution in [-0.2, 0) is 6.61 Å². The van der Waals surface area contributed by atoms with E-state index in [1.54, 1.807) is 6.07 Å². The molecule has 0 bridgehead atoms. The van der Waals surface area contributed by atoms with E-state index < -0.39 is 5.82 Å². The number of benzene rings is 2. The van der Waals surface area contributed by atoms with Crippen molar-refractivity contribution in [2.45, 2.75) is 27.4 Å². The Morgan fingerprint density at radius 1 is 1.04 bits per heavy atom.